The molecule has 0 N–H and O–H groups in total. The number of aryl methyl sites for hydroxylation is 1. The topological polar surface area (TPSA) is 52.3 Å². The first-order valence-corrected chi connectivity index (χ1v) is 11.4. The summed E-state index contributed by atoms with van der Waals surface area (Å²) in [6.07, 6.45) is 2.48. The first-order chi connectivity index (χ1) is 14.2. The molecule has 0 spiro atoms. The number of benzene rings is 1. The van der Waals surface area contributed by atoms with Crippen LogP contribution in [0.25, 0.3) is 11.4 Å². The fraction of sp³-hybridized carbons (Fsp3) is 0.591. The zero-order chi connectivity index (χ0) is 21.9. The van der Waals surface area contributed by atoms with E-state index in [9.17, 15) is 4.79 Å². The van der Waals surface area contributed by atoms with E-state index >= 15 is 0 Å². The largest absolute Gasteiger partial charge is 0.369 e. The highest BCUT2D eigenvalue weighted by atomic mass is 35.5. The van der Waals surface area contributed by atoms with E-state index in [2.05, 4.69) is 11.5 Å². The van der Waals surface area contributed by atoms with E-state index in [1.165, 1.54) is 0 Å². The monoisotopic (exact) mass is 450 g/mol. The minimum atomic E-state index is -0.326. The van der Waals surface area contributed by atoms with Crippen LogP contribution in [0.1, 0.15) is 47.0 Å². The molecule has 1 amide bonds. The quantitative estimate of drug-likeness (QED) is 0.560. The van der Waals surface area contributed by atoms with Gasteiger partial charge in [0, 0.05) is 36.6 Å². The van der Waals surface area contributed by atoms with Gasteiger partial charge in [0.25, 0.3) is 0 Å². The Morgan fingerprint density at radius 2 is 2.00 bits per heavy atom. The smallest absolute Gasteiger partial charge is 0.224 e. The Hall–Kier alpha value is -1.70. The van der Waals surface area contributed by atoms with Crippen LogP contribution in [0, 0.1) is 4.77 Å². The van der Waals surface area contributed by atoms with E-state index in [1.54, 1.807) is 4.68 Å². The molecular weight excluding hydrogens is 420 g/mol. The van der Waals surface area contributed by atoms with Crippen LogP contribution in [0.5, 0.6) is 0 Å². The molecule has 1 fully saturated rings. The van der Waals surface area contributed by atoms with Gasteiger partial charge in [0.15, 0.2) is 10.6 Å². The number of nitrogens with zero attached hydrogens (tertiary/aromatic N) is 4. The van der Waals surface area contributed by atoms with Crippen LogP contribution in [0.4, 0.5) is 0 Å². The Labute approximate surface area is 188 Å². The fourth-order valence-electron chi connectivity index (χ4n) is 3.92. The van der Waals surface area contributed by atoms with Crippen LogP contribution in [0.3, 0.4) is 0 Å². The number of carbonyl (C=O) groups excluding carboxylic acids is 1. The average Bonchev–Trinajstić information content (AvgIpc) is 2.99. The lowest BCUT2D eigenvalue weighted by Gasteiger charge is -2.41. The lowest BCUT2D eigenvalue weighted by molar-refractivity contribution is -0.158. The number of rotatable bonds is 7. The van der Waals surface area contributed by atoms with Gasteiger partial charge in [-0.1, -0.05) is 24.9 Å². The third kappa shape index (κ3) is 5.50. The SMILES string of the molecule is CCCCn1c(-c2ccc(Cl)cc2)nn(CCC(=O)N2CC(C)OC(C)(C)C2)c1=S. The number of aromatic nitrogens is 3. The molecule has 2 heterocycles. The molecule has 30 heavy (non-hydrogen) atoms. The molecule has 1 aliphatic heterocycles. The lowest BCUT2D eigenvalue weighted by atomic mass is 10.1. The van der Waals surface area contributed by atoms with Gasteiger partial charge in [0.05, 0.1) is 18.2 Å². The van der Waals surface area contributed by atoms with Crippen LogP contribution in [-0.2, 0) is 22.6 Å². The second-order valence-corrected chi connectivity index (χ2v) is 9.36. The number of morpholine rings is 1. The standard InChI is InChI=1S/C22H31ClN4O2S/c1-5-6-12-26-20(17-7-9-18(23)10-8-17)24-27(21(26)30)13-11-19(28)25-14-16(2)29-22(3,4)15-25/h7-10,16H,5-6,11-15H2,1-4H3. The van der Waals surface area contributed by atoms with Crippen molar-refractivity contribution in [2.45, 2.75) is 71.8 Å². The molecule has 1 aromatic carbocycles. The van der Waals surface area contributed by atoms with E-state index < -0.39 is 0 Å². The molecule has 0 radical (unpaired) electrons. The summed E-state index contributed by atoms with van der Waals surface area (Å²) < 4.78 is 10.4. The van der Waals surface area contributed by atoms with Crippen molar-refractivity contribution in [3.05, 3.63) is 34.1 Å². The van der Waals surface area contributed by atoms with Crippen LogP contribution in [0.2, 0.25) is 5.02 Å². The summed E-state index contributed by atoms with van der Waals surface area (Å²) in [5.41, 5.74) is 0.642. The Kier molecular flexibility index (Phi) is 7.37. The molecule has 1 saturated heterocycles. The molecule has 0 bridgehead atoms. The van der Waals surface area contributed by atoms with Crippen molar-refractivity contribution in [2.75, 3.05) is 13.1 Å². The number of unbranched alkanes of at least 4 members (excludes halogenated alkanes) is 1. The molecule has 1 aliphatic rings. The van der Waals surface area contributed by atoms with E-state index in [-0.39, 0.29) is 17.6 Å². The average molecular weight is 451 g/mol. The Morgan fingerprint density at radius 3 is 2.63 bits per heavy atom. The summed E-state index contributed by atoms with van der Waals surface area (Å²) in [5, 5.41) is 5.45. The summed E-state index contributed by atoms with van der Waals surface area (Å²) >= 11 is 11.8. The van der Waals surface area contributed by atoms with Crippen molar-refractivity contribution in [3.8, 4) is 11.4 Å². The van der Waals surface area contributed by atoms with Crippen LogP contribution in [-0.4, -0.2) is 49.9 Å². The predicted molar refractivity (Wildman–Crippen MR) is 122 cm³/mol. The first-order valence-electron chi connectivity index (χ1n) is 10.6. The Balaban J connectivity index is 1.78. The van der Waals surface area contributed by atoms with Gasteiger partial charge in [-0.2, -0.15) is 5.10 Å². The zero-order valence-corrected chi connectivity index (χ0v) is 19.8. The highest BCUT2D eigenvalue weighted by Gasteiger charge is 2.33. The first kappa shape index (κ1) is 23.0. The molecule has 164 valence electrons. The van der Waals surface area contributed by atoms with Crippen LogP contribution < -0.4 is 0 Å². The van der Waals surface area contributed by atoms with E-state index in [0.29, 0.717) is 35.8 Å². The Bertz CT molecular complexity index is 936. The highest BCUT2D eigenvalue weighted by Crippen LogP contribution is 2.23. The fourth-order valence-corrected chi connectivity index (χ4v) is 4.36. The van der Waals surface area contributed by atoms with E-state index in [1.807, 2.05) is 49.9 Å². The molecular formula is C22H31ClN4O2S. The minimum absolute atomic E-state index is 0.0321. The molecule has 1 aromatic heterocycles. The van der Waals surface area contributed by atoms with Gasteiger partial charge in [0.1, 0.15) is 0 Å². The number of hydrogen-bond donors (Lipinski definition) is 0. The van der Waals surface area contributed by atoms with Crippen molar-refractivity contribution < 1.29 is 9.53 Å². The number of halogens is 1. The van der Waals surface area contributed by atoms with Crippen LogP contribution in [0.15, 0.2) is 24.3 Å². The van der Waals surface area contributed by atoms with Crippen molar-refractivity contribution in [3.63, 3.8) is 0 Å². The van der Waals surface area contributed by atoms with Gasteiger partial charge in [-0.25, -0.2) is 4.68 Å². The lowest BCUT2D eigenvalue weighted by Crippen LogP contribution is -2.53. The molecule has 3 rings (SSSR count). The maximum Gasteiger partial charge on any atom is 0.224 e. The van der Waals surface area contributed by atoms with Crippen LogP contribution >= 0.6 is 23.8 Å². The summed E-state index contributed by atoms with van der Waals surface area (Å²) in [4.78, 5) is 14.8. The minimum Gasteiger partial charge on any atom is -0.369 e. The molecule has 1 atom stereocenters. The summed E-state index contributed by atoms with van der Waals surface area (Å²) in [6.45, 7) is 10.7. The maximum atomic E-state index is 12.9. The van der Waals surface area contributed by atoms with Crippen molar-refractivity contribution in [1.29, 1.82) is 0 Å². The third-order valence-electron chi connectivity index (χ3n) is 5.22. The maximum absolute atomic E-state index is 12.9. The molecule has 6 nitrogen and oxygen atoms in total. The number of ether oxygens (including phenoxy) is 1. The van der Waals surface area contributed by atoms with Gasteiger partial charge >= 0.3 is 0 Å². The van der Waals surface area contributed by atoms with Crippen molar-refractivity contribution in [1.82, 2.24) is 19.2 Å². The van der Waals surface area contributed by atoms with Gasteiger partial charge in [-0.3, -0.25) is 9.36 Å². The number of hydrogen-bond acceptors (Lipinski definition) is 4. The van der Waals surface area contributed by atoms with Gasteiger partial charge in [-0.15, -0.1) is 0 Å². The third-order valence-corrected chi connectivity index (χ3v) is 5.90. The molecule has 0 aliphatic carbocycles. The van der Waals surface area contributed by atoms with Crippen molar-refractivity contribution in [2.24, 2.45) is 0 Å². The summed E-state index contributed by atoms with van der Waals surface area (Å²) in [5.74, 6) is 0.926. The van der Waals surface area contributed by atoms with Crippen molar-refractivity contribution >= 4 is 29.7 Å². The van der Waals surface area contributed by atoms with Gasteiger partial charge in [0.2, 0.25) is 5.91 Å². The summed E-state index contributed by atoms with van der Waals surface area (Å²) in [6, 6.07) is 7.62. The second-order valence-electron chi connectivity index (χ2n) is 8.55. The molecule has 2 aromatic rings. The molecule has 0 saturated carbocycles. The highest BCUT2D eigenvalue weighted by molar-refractivity contribution is 7.71. The predicted octanol–water partition coefficient (Wildman–Crippen LogP) is 4.95. The Morgan fingerprint density at radius 1 is 1.30 bits per heavy atom. The van der Waals surface area contributed by atoms with Gasteiger partial charge in [-0.05, 0) is 63.7 Å². The second kappa shape index (κ2) is 9.62. The number of amides is 1. The van der Waals surface area contributed by atoms with Gasteiger partial charge < -0.3 is 9.64 Å². The number of carbonyl (C=O) groups is 1. The molecule has 8 heteroatoms. The molecule has 1 unspecified atom stereocenters. The summed E-state index contributed by atoms with van der Waals surface area (Å²) in [7, 11) is 0. The zero-order valence-electron chi connectivity index (χ0n) is 18.2. The normalized spacial score (nSPS) is 18.6. The van der Waals surface area contributed by atoms with E-state index in [0.717, 1.165) is 30.8 Å². The van der Waals surface area contributed by atoms with E-state index in [4.69, 9.17) is 33.7 Å².